The number of hydrogen-bond acceptors (Lipinski definition) is 3. The highest BCUT2D eigenvalue weighted by atomic mass is 32.2. The molecule has 0 rings (SSSR count). The molecule has 0 atom stereocenters. The lowest BCUT2D eigenvalue weighted by molar-refractivity contribution is 0.397. The first-order chi connectivity index (χ1) is 3.91. The molecule has 2 N–H and O–H groups in total. The summed E-state index contributed by atoms with van der Waals surface area (Å²) in [5, 5.41) is 0. The molecule has 0 aliphatic heterocycles. The number of hydrogen-bond donors (Lipinski definition) is 1. The van der Waals surface area contributed by atoms with Gasteiger partial charge in [0.15, 0.2) is 0 Å². The SMILES string of the molecule is CCCCCSON. The van der Waals surface area contributed by atoms with E-state index in [4.69, 9.17) is 5.90 Å². The van der Waals surface area contributed by atoms with Crippen molar-refractivity contribution in [2.75, 3.05) is 5.75 Å². The van der Waals surface area contributed by atoms with E-state index in [0.717, 1.165) is 5.75 Å². The van der Waals surface area contributed by atoms with Crippen molar-refractivity contribution < 1.29 is 4.28 Å². The third-order valence-electron chi connectivity index (χ3n) is 0.899. The summed E-state index contributed by atoms with van der Waals surface area (Å²) >= 11 is 1.33. The second-order valence-electron chi connectivity index (χ2n) is 1.63. The van der Waals surface area contributed by atoms with E-state index in [2.05, 4.69) is 11.2 Å². The Kier molecular flexibility index (Phi) is 7.52. The van der Waals surface area contributed by atoms with Crippen LogP contribution in [0.4, 0.5) is 0 Å². The van der Waals surface area contributed by atoms with Crippen molar-refractivity contribution in [1.82, 2.24) is 0 Å². The summed E-state index contributed by atoms with van der Waals surface area (Å²) in [5.41, 5.74) is 0. The van der Waals surface area contributed by atoms with E-state index in [1.54, 1.807) is 0 Å². The second kappa shape index (κ2) is 7.27. The molecule has 0 aromatic carbocycles. The zero-order chi connectivity index (χ0) is 6.24. The summed E-state index contributed by atoms with van der Waals surface area (Å²) in [6.07, 6.45) is 3.74. The van der Waals surface area contributed by atoms with Crippen molar-refractivity contribution in [3.63, 3.8) is 0 Å². The Labute approximate surface area is 54.9 Å². The fraction of sp³-hybridized carbons (Fsp3) is 1.00. The van der Waals surface area contributed by atoms with Crippen LogP contribution in [0.5, 0.6) is 0 Å². The van der Waals surface area contributed by atoms with E-state index in [0.29, 0.717) is 0 Å². The van der Waals surface area contributed by atoms with Gasteiger partial charge in [0.1, 0.15) is 0 Å². The lowest BCUT2D eigenvalue weighted by Gasteiger charge is -1.93. The van der Waals surface area contributed by atoms with Gasteiger partial charge in [-0.25, -0.2) is 10.2 Å². The van der Waals surface area contributed by atoms with E-state index in [-0.39, 0.29) is 0 Å². The minimum Gasteiger partial charge on any atom is -0.234 e. The Balaban J connectivity index is 2.53. The van der Waals surface area contributed by atoms with E-state index < -0.39 is 0 Å². The Morgan fingerprint density at radius 1 is 1.50 bits per heavy atom. The van der Waals surface area contributed by atoms with Gasteiger partial charge in [-0.15, -0.1) is 0 Å². The fourth-order valence-electron chi connectivity index (χ4n) is 0.459. The largest absolute Gasteiger partial charge is 0.234 e. The maximum atomic E-state index is 4.77. The molecule has 0 bridgehead atoms. The first-order valence-corrected chi connectivity index (χ1v) is 3.81. The van der Waals surface area contributed by atoms with Crippen LogP contribution in [-0.4, -0.2) is 5.75 Å². The Hall–Kier alpha value is 0.270. The van der Waals surface area contributed by atoms with Gasteiger partial charge >= 0.3 is 0 Å². The van der Waals surface area contributed by atoms with Gasteiger partial charge in [0.25, 0.3) is 0 Å². The summed E-state index contributed by atoms with van der Waals surface area (Å²) in [4.78, 5) is 0. The molecule has 3 heteroatoms. The van der Waals surface area contributed by atoms with E-state index >= 15 is 0 Å². The minimum absolute atomic E-state index is 1.02. The van der Waals surface area contributed by atoms with E-state index in [1.165, 1.54) is 31.3 Å². The minimum atomic E-state index is 1.02. The Bertz CT molecular complexity index is 37.4. The van der Waals surface area contributed by atoms with Crippen molar-refractivity contribution in [1.29, 1.82) is 0 Å². The van der Waals surface area contributed by atoms with E-state index in [1.807, 2.05) is 0 Å². The van der Waals surface area contributed by atoms with Crippen LogP contribution in [0.25, 0.3) is 0 Å². The van der Waals surface area contributed by atoms with Gasteiger partial charge in [-0.05, 0) is 6.42 Å². The molecule has 0 amide bonds. The lowest BCUT2D eigenvalue weighted by Crippen LogP contribution is -1.89. The summed E-state index contributed by atoms with van der Waals surface area (Å²) in [5.74, 6) is 5.79. The molecule has 0 aromatic rings. The van der Waals surface area contributed by atoms with Crippen molar-refractivity contribution in [2.24, 2.45) is 5.90 Å². The predicted molar refractivity (Wildman–Crippen MR) is 37.3 cm³/mol. The van der Waals surface area contributed by atoms with Gasteiger partial charge in [-0.3, -0.25) is 0 Å². The first kappa shape index (κ1) is 8.27. The highest BCUT2D eigenvalue weighted by molar-refractivity contribution is 7.94. The topological polar surface area (TPSA) is 35.2 Å². The summed E-state index contributed by atoms with van der Waals surface area (Å²) in [6, 6.07) is 0. The normalized spacial score (nSPS) is 9.75. The van der Waals surface area contributed by atoms with Crippen molar-refractivity contribution in [3.05, 3.63) is 0 Å². The molecule has 0 spiro atoms. The summed E-state index contributed by atoms with van der Waals surface area (Å²) in [7, 11) is 0. The number of nitrogens with two attached hydrogens (primary N) is 1. The van der Waals surface area contributed by atoms with Crippen molar-refractivity contribution in [3.8, 4) is 0 Å². The van der Waals surface area contributed by atoms with Crippen LogP contribution in [0, 0.1) is 0 Å². The standard InChI is InChI=1S/C5H13NOS/c1-2-3-4-5-8-7-6/h2-6H2,1H3. The molecule has 8 heavy (non-hydrogen) atoms. The van der Waals surface area contributed by atoms with Crippen LogP contribution in [0.1, 0.15) is 26.2 Å². The van der Waals surface area contributed by atoms with Crippen LogP contribution in [0.3, 0.4) is 0 Å². The van der Waals surface area contributed by atoms with Crippen molar-refractivity contribution in [2.45, 2.75) is 26.2 Å². The summed E-state index contributed by atoms with van der Waals surface area (Å²) in [6.45, 7) is 2.17. The van der Waals surface area contributed by atoms with Gasteiger partial charge in [-0.1, -0.05) is 19.8 Å². The van der Waals surface area contributed by atoms with Gasteiger partial charge in [-0.2, -0.15) is 0 Å². The van der Waals surface area contributed by atoms with Gasteiger partial charge < -0.3 is 0 Å². The fourth-order valence-corrected chi connectivity index (χ4v) is 0.877. The molecule has 2 nitrogen and oxygen atoms in total. The molecule has 0 unspecified atom stereocenters. The molecular weight excluding hydrogens is 122 g/mol. The van der Waals surface area contributed by atoms with E-state index in [9.17, 15) is 0 Å². The average Bonchev–Trinajstić information content (AvgIpc) is 1.81. The molecule has 50 valence electrons. The molecular formula is C5H13NOS. The van der Waals surface area contributed by atoms with Crippen LogP contribution < -0.4 is 5.90 Å². The average molecular weight is 135 g/mol. The van der Waals surface area contributed by atoms with Crippen molar-refractivity contribution >= 4 is 12.0 Å². The third-order valence-corrected chi connectivity index (χ3v) is 1.49. The molecule has 0 radical (unpaired) electrons. The monoisotopic (exact) mass is 135 g/mol. The van der Waals surface area contributed by atoms with Crippen LogP contribution >= 0.6 is 12.0 Å². The quantitative estimate of drug-likeness (QED) is 0.354. The molecule has 0 heterocycles. The zero-order valence-corrected chi connectivity index (χ0v) is 6.04. The Morgan fingerprint density at radius 3 is 2.75 bits per heavy atom. The Morgan fingerprint density at radius 2 is 2.25 bits per heavy atom. The number of unbranched alkanes of at least 4 members (excludes halogenated alkanes) is 2. The van der Waals surface area contributed by atoms with Crippen LogP contribution in [0.2, 0.25) is 0 Å². The molecule has 0 aromatic heterocycles. The second-order valence-corrected chi connectivity index (χ2v) is 2.46. The third kappa shape index (κ3) is 6.27. The molecule has 0 fully saturated rings. The predicted octanol–water partition coefficient (Wildman–Crippen LogP) is 1.72. The molecule has 0 saturated carbocycles. The van der Waals surface area contributed by atoms with Crippen LogP contribution in [-0.2, 0) is 4.28 Å². The molecule has 0 saturated heterocycles. The highest BCUT2D eigenvalue weighted by Gasteiger charge is 1.84. The zero-order valence-electron chi connectivity index (χ0n) is 5.22. The van der Waals surface area contributed by atoms with Crippen LogP contribution in [0.15, 0.2) is 0 Å². The molecule has 0 aliphatic rings. The lowest BCUT2D eigenvalue weighted by atomic mass is 10.3. The smallest absolute Gasteiger partial charge is 0.0217 e. The van der Waals surface area contributed by atoms with Gasteiger partial charge in [0.2, 0.25) is 0 Å². The van der Waals surface area contributed by atoms with Gasteiger partial charge in [0, 0.05) is 17.8 Å². The summed E-state index contributed by atoms with van der Waals surface area (Å²) < 4.78 is 4.31. The van der Waals surface area contributed by atoms with Gasteiger partial charge in [0.05, 0.1) is 0 Å². The first-order valence-electron chi connectivity index (χ1n) is 2.90. The highest BCUT2D eigenvalue weighted by Crippen LogP contribution is 2.03. The molecule has 0 aliphatic carbocycles. The maximum Gasteiger partial charge on any atom is 0.0217 e. The number of rotatable bonds is 5. The maximum absolute atomic E-state index is 4.77.